The van der Waals surface area contributed by atoms with E-state index in [0.717, 1.165) is 6.26 Å². The second-order valence-corrected chi connectivity index (χ2v) is 6.31. The van der Waals surface area contributed by atoms with Gasteiger partial charge in [-0.05, 0) is 12.8 Å². The Balaban J connectivity index is 2.01. The molecule has 1 aliphatic heterocycles. The standard InChI is InChI=1S/C8H13F2NO2S/c1-14(12,13)11-4-2-7(3-5-11)6-8(7,9)10/h2-6H2,1H3. The lowest BCUT2D eigenvalue weighted by molar-refractivity contribution is 0.0426. The maximum absolute atomic E-state index is 12.9. The minimum atomic E-state index is -3.20. The van der Waals surface area contributed by atoms with Crippen LogP contribution in [0.15, 0.2) is 0 Å². The summed E-state index contributed by atoms with van der Waals surface area (Å²) >= 11 is 0. The van der Waals surface area contributed by atoms with E-state index in [-0.39, 0.29) is 19.5 Å². The van der Waals surface area contributed by atoms with Gasteiger partial charge in [0.1, 0.15) is 0 Å². The van der Waals surface area contributed by atoms with Crippen LogP contribution in [0.5, 0.6) is 0 Å². The minimum absolute atomic E-state index is 0.0579. The normalized spacial score (nSPS) is 30.5. The molecule has 0 aromatic heterocycles. The zero-order chi connectivity index (χ0) is 10.6. The lowest BCUT2D eigenvalue weighted by atomic mass is 9.94. The molecule has 14 heavy (non-hydrogen) atoms. The summed E-state index contributed by atoms with van der Waals surface area (Å²) in [4.78, 5) is 0. The van der Waals surface area contributed by atoms with Gasteiger partial charge in [-0.15, -0.1) is 0 Å². The van der Waals surface area contributed by atoms with Gasteiger partial charge >= 0.3 is 0 Å². The van der Waals surface area contributed by atoms with E-state index in [1.807, 2.05) is 0 Å². The Morgan fingerprint density at radius 1 is 1.21 bits per heavy atom. The molecule has 1 heterocycles. The molecule has 3 nitrogen and oxygen atoms in total. The van der Waals surface area contributed by atoms with E-state index in [1.165, 1.54) is 4.31 Å². The number of halogens is 2. The van der Waals surface area contributed by atoms with Crippen LogP contribution in [-0.4, -0.2) is 38.0 Å². The first-order chi connectivity index (χ1) is 6.27. The molecule has 0 unspecified atom stereocenters. The van der Waals surface area contributed by atoms with Crippen molar-refractivity contribution in [3.05, 3.63) is 0 Å². The Hall–Kier alpha value is -0.230. The molecule has 2 rings (SSSR count). The SMILES string of the molecule is CS(=O)(=O)N1CCC2(CC1)CC2(F)F. The van der Waals surface area contributed by atoms with Crippen LogP contribution < -0.4 is 0 Å². The van der Waals surface area contributed by atoms with Crippen molar-refractivity contribution < 1.29 is 17.2 Å². The van der Waals surface area contributed by atoms with Gasteiger partial charge in [-0.3, -0.25) is 0 Å². The molecule has 0 aromatic rings. The van der Waals surface area contributed by atoms with Crippen LogP contribution in [0.4, 0.5) is 8.78 Å². The van der Waals surface area contributed by atoms with E-state index in [0.29, 0.717) is 12.8 Å². The van der Waals surface area contributed by atoms with Crippen molar-refractivity contribution in [2.24, 2.45) is 5.41 Å². The highest BCUT2D eigenvalue weighted by Gasteiger charge is 2.70. The van der Waals surface area contributed by atoms with Crippen LogP contribution in [-0.2, 0) is 10.0 Å². The van der Waals surface area contributed by atoms with E-state index in [2.05, 4.69) is 0 Å². The van der Waals surface area contributed by atoms with Crippen molar-refractivity contribution in [1.29, 1.82) is 0 Å². The fourth-order valence-corrected chi connectivity index (χ4v) is 3.02. The van der Waals surface area contributed by atoms with Gasteiger partial charge in [0, 0.05) is 24.9 Å². The first-order valence-electron chi connectivity index (χ1n) is 4.60. The van der Waals surface area contributed by atoms with Crippen molar-refractivity contribution in [1.82, 2.24) is 4.31 Å². The topological polar surface area (TPSA) is 37.4 Å². The zero-order valence-electron chi connectivity index (χ0n) is 7.96. The summed E-state index contributed by atoms with van der Waals surface area (Å²) in [6.07, 6.45) is 1.66. The number of nitrogens with zero attached hydrogens (tertiary/aromatic N) is 1. The third kappa shape index (κ3) is 1.44. The number of hydrogen-bond donors (Lipinski definition) is 0. The van der Waals surface area contributed by atoms with Crippen molar-refractivity contribution in [3.63, 3.8) is 0 Å². The third-order valence-corrected chi connectivity index (χ3v) is 4.66. The molecule has 0 amide bonds. The molecular formula is C8H13F2NO2S. The Labute approximate surface area is 82.1 Å². The number of rotatable bonds is 1. The summed E-state index contributed by atoms with van der Waals surface area (Å²) in [5.41, 5.74) is -0.867. The molecule has 0 radical (unpaired) electrons. The first kappa shape index (κ1) is 10.3. The van der Waals surface area contributed by atoms with Gasteiger partial charge in [0.15, 0.2) is 0 Å². The van der Waals surface area contributed by atoms with Gasteiger partial charge in [-0.25, -0.2) is 21.5 Å². The summed E-state index contributed by atoms with van der Waals surface area (Å²) in [6.45, 7) is 0.489. The summed E-state index contributed by atoms with van der Waals surface area (Å²) in [6, 6.07) is 0. The highest BCUT2D eigenvalue weighted by atomic mass is 32.2. The molecule has 2 fully saturated rings. The van der Waals surface area contributed by atoms with Crippen molar-refractivity contribution in [3.8, 4) is 0 Å². The van der Waals surface area contributed by atoms with E-state index in [4.69, 9.17) is 0 Å². The molecule has 0 N–H and O–H groups in total. The van der Waals surface area contributed by atoms with E-state index in [9.17, 15) is 17.2 Å². The predicted molar refractivity (Wildman–Crippen MR) is 47.6 cm³/mol. The van der Waals surface area contributed by atoms with Crippen molar-refractivity contribution in [2.45, 2.75) is 25.2 Å². The Morgan fingerprint density at radius 3 is 1.93 bits per heavy atom. The maximum atomic E-state index is 12.9. The van der Waals surface area contributed by atoms with Crippen LogP contribution in [0.3, 0.4) is 0 Å². The largest absolute Gasteiger partial charge is 0.254 e. The number of alkyl halides is 2. The highest BCUT2D eigenvalue weighted by Crippen LogP contribution is 2.65. The average molecular weight is 225 g/mol. The molecule has 1 aliphatic carbocycles. The van der Waals surface area contributed by atoms with Crippen LogP contribution in [0.1, 0.15) is 19.3 Å². The molecule has 0 bridgehead atoms. The second-order valence-electron chi connectivity index (χ2n) is 4.32. The molecule has 0 atom stereocenters. The lowest BCUT2D eigenvalue weighted by Crippen LogP contribution is -2.39. The summed E-state index contributed by atoms with van der Waals surface area (Å²) < 4.78 is 49.4. The average Bonchev–Trinajstić information content (AvgIpc) is 2.51. The number of piperidine rings is 1. The highest BCUT2D eigenvalue weighted by molar-refractivity contribution is 7.88. The third-order valence-electron chi connectivity index (χ3n) is 3.36. The molecule has 1 saturated carbocycles. The summed E-state index contributed by atoms with van der Waals surface area (Å²) in [5.74, 6) is -2.55. The number of sulfonamides is 1. The molecule has 1 spiro atoms. The monoisotopic (exact) mass is 225 g/mol. The zero-order valence-corrected chi connectivity index (χ0v) is 8.78. The molecule has 2 aliphatic rings. The fourth-order valence-electron chi connectivity index (χ4n) is 2.17. The van der Waals surface area contributed by atoms with E-state index < -0.39 is 21.4 Å². The Morgan fingerprint density at radius 2 is 1.64 bits per heavy atom. The summed E-state index contributed by atoms with van der Waals surface area (Å²) in [5, 5.41) is 0. The smallest absolute Gasteiger partial charge is 0.213 e. The molecule has 1 saturated heterocycles. The maximum Gasteiger partial charge on any atom is 0.254 e. The van der Waals surface area contributed by atoms with Crippen molar-refractivity contribution >= 4 is 10.0 Å². The van der Waals surface area contributed by atoms with Gasteiger partial charge < -0.3 is 0 Å². The minimum Gasteiger partial charge on any atom is -0.213 e. The first-order valence-corrected chi connectivity index (χ1v) is 6.45. The van der Waals surface area contributed by atoms with Crippen LogP contribution >= 0.6 is 0 Å². The molecule has 6 heteroatoms. The molecule has 82 valence electrons. The lowest BCUT2D eigenvalue weighted by Gasteiger charge is -2.30. The van der Waals surface area contributed by atoms with Crippen LogP contribution in [0, 0.1) is 5.41 Å². The van der Waals surface area contributed by atoms with E-state index in [1.54, 1.807) is 0 Å². The van der Waals surface area contributed by atoms with Gasteiger partial charge in [0.05, 0.1) is 6.26 Å². The predicted octanol–water partition coefficient (Wildman–Crippen LogP) is 1.07. The molecular weight excluding hydrogens is 212 g/mol. The molecule has 0 aromatic carbocycles. The van der Waals surface area contributed by atoms with Crippen LogP contribution in [0.25, 0.3) is 0 Å². The van der Waals surface area contributed by atoms with Crippen molar-refractivity contribution in [2.75, 3.05) is 19.3 Å². The summed E-state index contributed by atoms with van der Waals surface area (Å²) in [7, 11) is -3.20. The van der Waals surface area contributed by atoms with Gasteiger partial charge in [-0.1, -0.05) is 0 Å². The van der Waals surface area contributed by atoms with Crippen LogP contribution in [0.2, 0.25) is 0 Å². The Kier molecular flexibility index (Phi) is 1.96. The number of hydrogen-bond acceptors (Lipinski definition) is 2. The second kappa shape index (κ2) is 2.66. The quantitative estimate of drug-likeness (QED) is 0.669. The fraction of sp³-hybridized carbons (Fsp3) is 1.00. The van der Waals surface area contributed by atoms with Gasteiger partial charge in [0.2, 0.25) is 10.0 Å². The van der Waals surface area contributed by atoms with E-state index >= 15 is 0 Å². The Bertz CT molecular complexity index is 344. The van der Waals surface area contributed by atoms with Gasteiger partial charge in [-0.2, -0.15) is 0 Å². The van der Waals surface area contributed by atoms with Gasteiger partial charge in [0.25, 0.3) is 5.92 Å².